The number of hydrogen-bond donors (Lipinski definition) is 0. The zero-order valence-electron chi connectivity index (χ0n) is 15.9. The second kappa shape index (κ2) is 7.80. The summed E-state index contributed by atoms with van der Waals surface area (Å²) in [5, 5.41) is 1.37. The van der Waals surface area contributed by atoms with Crippen LogP contribution in [0.4, 0.5) is 0 Å². The molecular weight excluding hydrogens is 421 g/mol. The quantitative estimate of drug-likeness (QED) is 0.473. The Hall–Kier alpha value is -2.79. The summed E-state index contributed by atoms with van der Waals surface area (Å²) in [5.74, 6) is 1.47. The van der Waals surface area contributed by atoms with Gasteiger partial charge < -0.3 is 9.47 Å². The number of carbonyl (C=O) groups excluding carboxylic acids is 1. The monoisotopic (exact) mass is 437 g/mol. The van der Waals surface area contributed by atoms with Crippen LogP contribution in [0.25, 0.3) is 6.08 Å². The maximum atomic E-state index is 12.9. The Morgan fingerprint density at radius 2 is 1.80 bits per heavy atom. The Morgan fingerprint density at radius 1 is 1.00 bits per heavy atom. The van der Waals surface area contributed by atoms with Crippen molar-refractivity contribution < 1.29 is 14.3 Å². The molecule has 0 aliphatic carbocycles. The molecule has 0 saturated carbocycles. The predicted octanol–water partition coefficient (Wildman–Crippen LogP) is 5.96. The van der Waals surface area contributed by atoms with Gasteiger partial charge in [0.15, 0.2) is 5.76 Å². The molecule has 5 rings (SSSR count). The highest BCUT2D eigenvalue weighted by atomic mass is 35.5. The molecular formula is C24H17Cl2NO3. The van der Waals surface area contributed by atoms with Gasteiger partial charge in [-0.3, -0.25) is 9.69 Å². The van der Waals surface area contributed by atoms with Crippen molar-refractivity contribution in [3.8, 4) is 11.5 Å². The first-order valence-electron chi connectivity index (χ1n) is 9.53. The van der Waals surface area contributed by atoms with Crippen molar-refractivity contribution in [1.82, 2.24) is 4.90 Å². The number of benzene rings is 3. The molecule has 2 aliphatic rings. The van der Waals surface area contributed by atoms with Crippen LogP contribution in [0.2, 0.25) is 10.0 Å². The van der Waals surface area contributed by atoms with Crippen molar-refractivity contribution in [2.75, 3.05) is 6.73 Å². The van der Waals surface area contributed by atoms with Gasteiger partial charge in [0.2, 0.25) is 5.78 Å². The molecule has 6 heteroatoms. The maximum Gasteiger partial charge on any atom is 0.231 e. The van der Waals surface area contributed by atoms with Crippen molar-refractivity contribution in [3.63, 3.8) is 0 Å². The molecule has 150 valence electrons. The van der Waals surface area contributed by atoms with Gasteiger partial charge in [0, 0.05) is 23.1 Å². The standard InChI is InChI=1S/C24H17Cl2NO3/c25-17-7-5-15(6-8-17)11-22-23(28)18-9-10-21-19(24(18)30-22)13-27(14-29-21)12-16-3-1-2-4-20(16)26/h1-11H,12-14H2/b22-11-. The average molecular weight is 438 g/mol. The Labute approximate surface area is 184 Å². The molecule has 0 N–H and O–H groups in total. The zero-order valence-corrected chi connectivity index (χ0v) is 17.4. The van der Waals surface area contributed by atoms with E-state index < -0.39 is 0 Å². The van der Waals surface area contributed by atoms with Crippen molar-refractivity contribution in [1.29, 1.82) is 0 Å². The Balaban J connectivity index is 1.43. The minimum absolute atomic E-state index is 0.133. The molecule has 0 spiro atoms. The summed E-state index contributed by atoms with van der Waals surface area (Å²) < 4.78 is 12.0. The summed E-state index contributed by atoms with van der Waals surface area (Å²) in [5.41, 5.74) is 3.30. The molecule has 0 fully saturated rings. The van der Waals surface area contributed by atoms with Gasteiger partial charge in [-0.15, -0.1) is 0 Å². The van der Waals surface area contributed by atoms with Crippen molar-refractivity contribution in [2.24, 2.45) is 0 Å². The Kier molecular flexibility index (Phi) is 4.99. The lowest BCUT2D eigenvalue weighted by Crippen LogP contribution is -2.31. The summed E-state index contributed by atoms with van der Waals surface area (Å²) in [6.45, 7) is 1.69. The van der Waals surface area contributed by atoms with Gasteiger partial charge in [-0.2, -0.15) is 0 Å². The van der Waals surface area contributed by atoms with Crippen LogP contribution < -0.4 is 9.47 Å². The van der Waals surface area contributed by atoms with Gasteiger partial charge in [0.1, 0.15) is 18.2 Å². The lowest BCUT2D eigenvalue weighted by molar-refractivity contribution is 0.0873. The highest BCUT2D eigenvalue weighted by Gasteiger charge is 2.33. The third kappa shape index (κ3) is 3.58. The van der Waals surface area contributed by atoms with Gasteiger partial charge in [-0.1, -0.05) is 53.5 Å². The first kappa shape index (κ1) is 19.2. The number of rotatable bonds is 3. The van der Waals surface area contributed by atoms with E-state index in [1.165, 1.54) is 0 Å². The van der Waals surface area contributed by atoms with Crippen molar-refractivity contribution >= 4 is 35.1 Å². The van der Waals surface area contributed by atoms with Crippen LogP contribution in [-0.2, 0) is 13.1 Å². The topological polar surface area (TPSA) is 38.8 Å². The third-order valence-corrected chi connectivity index (χ3v) is 5.82. The molecule has 4 nitrogen and oxygen atoms in total. The van der Waals surface area contributed by atoms with Crippen LogP contribution in [0.5, 0.6) is 11.5 Å². The molecule has 0 saturated heterocycles. The number of Topliss-reactive ketones (excluding diaryl/α,β-unsaturated/α-hetero) is 1. The molecule has 3 aromatic carbocycles. The fraction of sp³-hybridized carbons (Fsp3) is 0.125. The minimum Gasteiger partial charge on any atom is -0.478 e. The number of hydrogen-bond acceptors (Lipinski definition) is 4. The number of allylic oxidation sites excluding steroid dienone is 1. The van der Waals surface area contributed by atoms with Crippen LogP contribution in [0.15, 0.2) is 66.4 Å². The summed E-state index contributed by atoms with van der Waals surface area (Å²) in [6.07, 6.45) is 1.73. The normalized spacial score (nSPS) is 16.7. The fourth-order valence-electron chi connectivity index (χ4n) is 3.68. The van der Waals surface area contributed by atoms with Gasteiger partial charge in [0.05, 0.1) is 11.1 Å². The number of ketones is 1. The highest BCUT2D eigenvalue weighted by molar-refractivity contribution is 6.31. The summed E-state index contributed by atoms with van der Waals surface area (Å²) >= 11 is 12.3. The number of nitrogens with zero attached hydrogens (tertiary/aromatic N) is 1. The van der Waals surface area contributed by atoms with Crippen molar-refractivity contribution in [3.05, 3.63) is 98.7 Å². The Morgan fingerprint density at radius 3 is 2.60 bits per heavy atom. The van der Waals surface area contributed by atoms with E-state index in [1.54, 1.807) is 24.3 Å². The maximum absolute atomic E-state index is 12.9. The average Bonchev–Trinajstić information content (AvgIpc) is 3.07. The number of ether oxygens (including phenoxy) is 2. The van der Waals surface area contributed by atoms with Crippen LogP contribution in [0.1, 0.15) is 27.0 Å². The molecule has 0 atom stereocenters. The second-order valence-electron chi connectivity index (χ2n) is 7.26. The van der Waals surface area contributed by atoms with Crippen molar-refractivity contribution in [2.45, 2.75) is 13.1 Å². The first-order valence-corrected chi connectivity index (χ1v) is 10.3. The molecule has 2 heterocycles. The van der Waals surface area contributed by atoms with Gasteiger partial charge >= 0.3 is 0 Å². The zero-order chi connectivity index (χ0) is 20.7. The number of carbonyl (C=O) groups is 1. The predicted molar refractivity (Wildman–Crippen MR) is 117 cm³/mol. The van der Waals surface area contributed by atoms with E-state index in [1.807, 2.05) is 42.5 Å². The van der Waals surface area contributed by atoms with E-state index in [0.29, 0.717) is 41.9 Å². The van der Waals surface area contributed by atoms with Gasteiger partial charge in [0.25, 0.3) is 0 Å². The van der Waals surface area contributed by atoms with Gasteiger partial charge in [-0.05, 0) is 47.5 Å². The number of fused-ring (bicyclic) bond motifs is 3. The van der Waals surface area contributed by atoms with E-state index in [2.05, 4.69) is 4.90 Å². The smallest absolute Gasteiger partial charge is 0.231 e. The Bertz CT molecular complexity index is 1170. The van der Waals surface area contributed by atoms with Crippen LogP contribution in [0.3, 0.4) is 0 Å². The van der Waals surface area contributed by atoms with E-state index in [-0.39, 0.29) is 5.78 Å². The molecule has 2 aliphatic heterocycles. The van der Waals surface area contributed by atoms with E-state index in [4.69, 9.17) is 32.7 Å². The molecule has 0 bridgehead atoms. The molecule has 3 aromatic rings. The molecule has 0 aromatic heterocycles. The molecule has 0 radical (unpaired) electrons. The summed E-state index contributed by atoms with van der Waals surface area (Å²) in [6, 6.07) is 18.6. The SMILES string of the molecule is O=C1/C(=C/c2ccc(Cl)cc2)Oc2c1ccc1c2CN(Cc2ccccc2Cl)CO1. The largest absolute Gasteiger partial charge is 0.478 e. The first-order chi connectivity index (χ1) is 14.6. The lowest BCUT2D eigenvalue weighted by Gasteiger charge is -2.30. The van der Waals surface area contributed by atoms with E-state index in [9.17, 15) is 4.79 Å². The second-order valence-corrected chi connectivity index (χ2v) is 8.11. The van der Waals surface area contributed by atoms with Crippen LogP contribution >= 0.6 is 23.2 Å². The molecule has 30 heavy (non-hydrogen) atoms. The summed E-state index contributed by atoms with van der Waals surface area (Å²) in [7, 11) is 0. The number of halogens is 2. The third-order valence-electron chi connectivity index (χ3n) is 5.20. The lowest BCUT2D eigenvalue weighted by atomic mass is 10.0. The summed E-state index contributed by atoms with van der Waals surface area (Å²) in [4.78, 5) is 15.0. The van der Waals surface area contributed by atoms with Crippen LogP contribution in [0, 0.1) is 0 Å². The van der Waals surface area contributed by atoms with Gasteiger partial charge in [-0.25, -0.2) is 0 Å². The van der Waals surface area contributed by atoms with E-state index in [0.717, 1.165) is 27.5 Å². The minimum atomic E-state index is -0.133. The highest BCUT2D eigenvalue weighted by Crippen LogP contribution is 2.42. The van der Waals surface area contributed by atoms with E-state index >= 15 is 0 Å². The molecule has 0 amide bonds. The van der Waals surface area contributed by atoms with Crippen LogP contribution in [-0.4, -0.2) is 17.4 Å². The fourth-order valence-corrected chi connectivity index (χ4v) is 4.01. The molecule has 0 unspecified atom stereocenters.